The number of rotatable bonds is 6. The Labute approximate surface area is 129 Å². The molecule has 0 saturated heterocycles. The zero-order valence-corrected chi connectivity index (χ0v) is 13.2. The Balaban J connectivity index is 1.97. The first-order valence-corrected chi connectivity index (χ1v) is 7.42. The van der Waals surface area contributed by atoms with Crippen molar-refractivity contribution in [3.8, 4) is 0 Å². The highest BCUT2D eigenvalue weighted by molar-refractivity contribution is 5.90. The summed E-state index contributed by atoms with van der Waals surface area (Å²) in [4.78, 5) is 25.8. The van der Waals surface area contributed by atoms with E-state index in [2.05, 4.69) is 41.4 Å². The molecule has 22 heavy (non-hydrogen) atoms. The smallest absolute Gasteiger partial charge is 0.343 e. The number of amides is 1. The van der Waals surface area contributed by atoms with Crippen LogP contribution in [0.2, 0.25) is 0 Å². The molecule has 2 N–H and O–H groups in total. The minimum atomic E-state index is -0.394. The quantitative estimate of drug-likeness (QED) is 0.845. The van der Waals surface area contributed by atoms with Crippen LogP contribution in [0.1, 0.15) is 30.0 Å². The molecule has 0 spiro atoms. The lowest BCUT2D eigenvalue weighted by atomic mass is 9.89. The molecule has 0 aliphatic carbocycles. The van der Waals surface area contributed by atoms with E-state index < -0.39 is 5.69 Å². The molecule has 0 radical (unpaired) electrons. The number of hydrogen-bond donors (Lipinski definition) is 2. The monoisotopic (exact) mass is 302 g/mol. The fraction of sp³-hybridized carbons (Fsp3) is 0.438. The maximum atomic E-state index is 12.0. The topological polar surface area (TPSA) is 79.8 Å². The maximum absolute atomic E-state index is 12.0. The van der Waals surface area contributed by atoms with E-state index in [4.69, 9.17) is 0 Å². The van der Waals surface area contributed by atoms with Crippen molar-refractivity contribution in [2.75, 3.05) is 6.54 Å². The summed E-state index contributed by atoms with van der Waals surface area (Å²) in [5, 5.41) is 6.71. The zero-order valence-electron chi connectivity index (χ0n) is 13.2. The van der Waals surface area contributed by atoms with Gasteiger partial charge in [-0.15, -0.1) is 5.10 Å². The highest BCUT2D eigenvalue weighted by Gasteiger charge is 2.17. The van der Waals surface area contributed by atoms with Crippen molar-refractivity contribution < 1.29 is 4.79 Å². The number of carbonyl (C=O) groups excluding carboxylic acids is 1. The van der Waals surface area contributed by atoms with Gasteiger partial charge in [-0.2, -0.15) is 0 Å². The number of carbonyl (C=O) groups is 1. The molecule has 1 atom stereocenters. The van der Waals surface area contributed by atoms with Gasteiger partial charge in [-0.1, -0.05) is 44.2 Å². The van der Waals surface area contributed by atoms with E-state index in [1.54, 1.807) is 0 Å². The van der Waals surface area contributed by atoms with Crippen LogP contribution in [0.15, 0.2) is 35.1 Å². The molecule has 1 amide bonds. The molecule has 1 aromatic heterocycles. The second-order valence-corrected chi connectivity index (χ2v) is 5.81. The van der Waals surface area contributed by atoms with Crippen LogP contribution in [0.5, 0.6) is 0 Å². The highest BCUT2D eigenvalue weighted by atomic mass is 16.2. The Morgan fingerprint density at radius 3 is 2.55 bits per heavy atom. The first-order valence-electron chi connectivity index (χ1n) is 7.42. The molecule has 118 valence electrons. The number of aryl methyl sites for hydroxylation is 1. The van der Waals surface area contributed by atoms with Gasteiger partial charge in [0, 0.05) is 13.6 Å². The molecule has 1 aromatic carbocycles. The second kappa shape index (κ2) is 7.06. The lowest BCUT2D eigenvalue weighted by molar-refractivity contribution is 0.0932. The standard InChI is InChI=1S/C16H22N4O2/c1-11(2)13(9-12-7-5-4-6-8-12)10-17-15(21)14-18-16(22)20(3)19-14/h4-8,11,13H,9-10H2,1-3H3,(H,17,21)(H,18,19,22). The third-order valence-corrected chi connectivity index (χ3v) is 3.79. The van der Waals surface area contributed by atoms with E-state index in [0.29, 0.717) is 18.4 Å². The van der Waals surface area contributed by atoms with Crippen molar-refractivity contribution in [1.29, 1.82) is 0 Å². The third-order valence-electron chi connectivity index (χ3n) is 3.79. The van der Waals surface area contributed by atoms with Crippen LogP contribution in [-0.4, -0.2) is 27.2 Å². The van der Waals surface area contributed by atoms with E-state index in [-0.39, 0.29) is 11.7 Å². The number of aromatic amines is 1. The Morgan fingerprint density at radius 1 is 1.32 bits per heavy atom. The summed E-state index contributed by atoms with van der Waals surface area (Å²) in [7, 11) is 1.50. The van der Waals surface area contributed by atoms with Gasteiger partial charge in [-0.25, -0.2) is 9.48 Å². The van der Waals surface area contributed by atoms with E-state index >= 15 is 0 Å². The molecular formula is C16H22N4O2. The van der Waals surface area contributed by atoms with Crippen molar-refractivity contribution in [2.45, 2.75) is 20.3 Å². The highest BCUT2D eigenvalue weighted by Crippen LogP contribution is 2.16. The molecule has 6 heteroatoms. The summed E-state index contributed by atoms with van der Waals surface area (Å²) in [6.07, 6.45) is 0.900. The van der Waals surface area contributed by atoms with Gasteiger partial charge >= 0.3 is 5.69 Å². The Hall–Kier alpha value is -2.37. The molecule has 0 aliphatic rings. The average Bonchev–Trinajstić information content (AvgIpc) is 2.83. The summed E-state index contributed by atoms with van der Waals surface area (Å²) in [6.45, 7) is 4.83. The number of H-pyrrole nitrogens is 1. The van der Waals surface area contributed by atoms with Crippen LogP contribution in [0.4, 0.5) is 0 Å². The fourth-order valence-corrected chi connectivity index (χ4v) is 2.27. The first-order chi connectivity index (χ1) is 10.5. The van der Waals surface area contributed by atoms with E-state index in [0.717, 1.165) is 11.1 Å². The van der Waals surface area contributed by atoms with Crippen LogP contribution in [0.3, 0.4) is 0 Å². The summed E-state index contributed by atoms with van der Waals surface area (Å²) >= 11 is 0. The summed E-state index contributed by atoms with van der Waals surface area (Å²) in [5.41, 5.74) is 0.858. The number of nitrogens with one attached hydrogen (secondary N) is 2. The lowest BCUT2D eigenvalue weighted by Gasteiger charge is -2.21. The van der Waals surface area contributed by atoms with Gasteiger partial charge in [0.2, 0.25) is 5.82 Å². The van der Waals surface area contributed by atoms with E-state index in [9.17, 15) is 9.59 Å². The van der Waals surface area contributed by atoms with Crippen LogP contribution >= 0.6 is 0 Å². The SMILES string of the molecule is CC(C)C(CNC(=O)c1nn(C)c(=O)[nH]1)Cc1ccccc1. The van der Waals surface area contributed by atoms with Gasteiger partial charge in [0.05, 0.1) is 0 Å². The van der Waals surface area contributed by atoms with Crippen LogP contribution in [0, 0.1) is 11.8 Å². The first kappa shape index (κ1) is 16.0. The second-order valence-electron chi connectivity index (χ2n) is 5.81. The molecular weight excluding hydrogens is 280 g/mol. The van der Waals surface area contributed by atoms with E-state index in [1.165, 1.54) is 12.6 Å². The lowest BCUT2D eigenvalue weighted by Crippen LogP contribution is -2.33. The molecule has 6 nitrogen and oxygen atoms in total. The summed E-state index contributed by atoms with van der Waals surface area (Å²) in [6, 6.07) is 10.2. The maximum Gasteiger partial charge on any atom is 0.343 e. The average molecular weight is 302 g/mol. The minimum Gasteiger partial charge on any atom is -0.349 e. The zero-order chi connectivity index (χ0) is 16.1. The largest absolute Gasteiger partial charge is 0.349 e. The predicted octanol–water partition coefficient (Wildman–Crippen LogP) is 1.35. The van der Waals surface area contributed by atoms with Gasteiger partial charge in [-0.3, -0.25) is 9.78 Å². The van der Waals surface area contributed by atoms with Gasteiger partial charge in [0.1, 0.15) is 0 Å². The van der Waals surface area contributed by atoms with Crippen LogP contribution in [0.25, 0.3) is 0 Å². The van der Waals surface area contributed by atoms with Crippen LogP contribution < -0.4 is 11.0 Å². The van der Waals surface area contributed by atoms with Crippen molar-refractivity contribution in [1.82, 2.24) is 20.1 Å². The molecule has 0 aliphatic heterocycles. The van der Waals surface area contributed by atoms with Gasteiger partial charge < -0.3 is 5.32 Å². The van der Waals surface area contributed by atoms with Crippen molar-refractivity contribution >= 4 is 5.91 Å². The molecule has 0 fully saturated rings. The Morgan fingerprint density at radius 2 is 2.00 bits per heavy atom. The third kappa shape index (κ3) is 4.07. The Bertz CT molecular complexity index is 673. The van der Waals surface area contributed by atoms with Gasteiger partial charge in [0.25, 0.3) is 5.91 Å². The molecule has 0 saturated carbocycles. The van der Waals surface area contributed by atoms with Crippen LogP contribution in [-0.2, 0) is 13.5 Å². The minimum absolute atomic E-state index is 0.0507. The Kier molecular flexibility index (Phi) is 5.14. The normalized spacial score (nSPS) is 12.4. The number of benzene rings is 1. The molecule has 1 unspecified atom stereocenters. The predicted molar refractivity (Wildman–Crippen MR) is 84.6 cm³/mol. The molecule has 2 rings (SSSR count). The fourth-order valence-electron chi connectivity index (χ4n) is 2.27. The summed E-state index contributed by atoms with van der Waals surface area (Å²) in [5.74, 6) is 0.455. The molecule has 0 bridgehead atoms. The van der Waals surface area contributed by atoms with Gasteiger partial charge in [-0.05, 0) is 23.8 Å². The van der Waals surface area contributed by atoms with Crippen molar-refractivity contribution in [3.63, 3.8) is 0 Å². The molecule has 2 aromatic rings. The number of nitrogens with zero attached hydrogens (tertiary/aromatic N) is 2. The summed E-state index contributed by atoms with van der Waals surface area (Å²) < 4.78 is 1.11. The molecule has 1 heterocycles. The number of hydrogen-bond acceptors (Lipinski definition) is 3. The van der Waals surface area contributed by atoms with E-state index in [1.807, 2.05) is 18.2 Å². The van der Waals surface area contributed by atoms with Crippen molar-refractivity contribution in [3.05, 3.63) is 52.2 Å². The van der Waals surface area contributed by atoms with Gasteiger partial charge in [0.15, 0.2) is 0 Å². The van der Waals surface area contributed by atoms with Crippen molar-refractivity contribution in [2.24, 2.45) is 18.9 Å². The number of aromatic nitrogens is 3.